The van der Waals surface area contributed by atoms with E-state index in [0.29, 0.717) is 5.56 Å². The van der Waals surface area contributed by atoms with Crippen LogP contribution < -0.4 is 4.74 Å². The summed E-state index contributed by atoms with van der Waals surface area (Å²) in [6.07, 6.45) is 0. The smallest absolute Gasteiger partial charge is 0.326 e. The molecule has 82 valence electrons. The Morgan fingerprint density at radius 1 is 1.40 bits per heavy atom. The molecule has 0 aliphatic carbocycles. The van der Waals surface area contributed by atoms with Crippen molar-refractivity contribution < 1.29 is 14.6 Å². The standard InChI is InChI=1S/C11H13ClO3/c1-6-5-9(15-3)7(2)4-8(6)10(12)11(13)14/h4-5,10H,1-3H3,(H,13,14). The molecule has 4 heteroatoms. The first kappa shape index (κ1) is 11.9. The lowest BCUT2D eigenvalue weighted by Gasteiger charge is -2.12. The van der Waals surface area contributed by atoms with Gasteiger partial charge >= 0.3 is 5.97 Å². The lowest BCUT2D eigenvalue weighted by atomic mass is 10.0. The first-order chi connectivity index (χ1) is 6.97. The summed E-state index contributed by atoms with van der Waals surface area (Å²) in [5, 5.41) is 7.81. The molecule has 3 nitrogen and oxygen atoms in total. The van der Waals surface area contributed by atoms with Crippen LogP contribution in [0.25, 0.3) is 0 Å². The molecule has 0 saturated carbocycles. The van der Waals surface area contributed by atoms with Crippen molar-refractivity contribution in [2.75, 3.05) is 7.11 Å². The molecule has 0 aliphatic heterocycles. The van der Waals surface area contributed by atoms with E-state index >= 15 is 0 Å². The second-order valence-corrected chi connectivity index (χ2v) is 3.82. The summed E-state index contributed by atoms with van der Waals surface area (Å²) in [5.74, 6) is -0.296. The molecule has 0 aliphatic rings. The topological polar surface area (TPSA) is 46.5 Å². The van der Waals surface area contributed by atoms with Gasteiger partial charge in [-0.25, -0.2) is 0 Å². The Bertz CT molecular complexity index is 388. The molecular weight excluding hydrogens is 216 g/mol. The van der Waals surface area contributed by atoms with Crippen molar-refractivity contribution >= 4 is 17.6 Å². The predicted octanol–water partition coefficient (Wildman–Crippen LogP) is 2.68. The molecule has 0 aromatic heterocycles. The maximum atomic E-state index is 10.8. The van der Waals surface area contributed by atoms with Gasteiger partial charge in [-0.05, 0) is 36.6 Å². The number of methoxy groups -OCH3 is 1. The maximum Gasteiger partial charge on any atom is 0.326 e. The molecular formula is C11H13ClO3. The summed E-state index contributed by atoms with van der Waals surface area (Å²) >= 11 is 5.77. The summed E-state index contributed by atoms with van der Waals surface area (Å²) in [4.78, 5) is 10.8. The second kappa shape index (κ2) is 4.53. The number of halogens is 1. The van der Waals surface area contributed by atoms with Crippen molar-refractivity contribution in [3.63, 3.8) is 0 Å². The van der Waals surface area contributed by atoms with E-state index in [4.69, 9.17) is 21.4 Å². The average Bonchev–Trinajstić information content (AvgIpc) is 2.19. The molecule has 0 saturated heterocycles. The SMILES string of the molecule is COc1cc(C)c(C(Cl)C(=O)O)cc1C. The molecule has 1 atom stereocenters. The average molecular weight is 229 g/mol. The van der Waals surface area contributed by atoms with Gasteiger partial charge in [0.2, 0.25) is 0 Å². The van der Waals surface area contributed by atoms with Crippen molar-refractivity contribution in [1.29, 1.82) is 0 Å². The van der Waals surface area contributed by atoms with Crippen molar-refractivity contribution in [2.24, 2.45) is 0 Å². The van der Waals surface area contributed by atoms with Crippen LogP contribution >= 0.6 is 11.6 Å². The number of carbonyl (C=O) groups is 1. The Morgan fingerprint density at radius 2 is 2.00 bits per heavy atom. The first-order valence-corrected chi connectivity index (χ1v) is 4.93. The van der Waals surface area contributed by atoms with Gasteiger partial charge in [0.25, 0.3) is 0 Å². The summed E-state index contributed by atoms with van der Waals surface area (Å²) in [7, 11) is 1.58. The lowest BCUT2D eigenvalue weighted by molar-refractivity contribution is -0.136. The highest BCUT2D eigenvalue weighted by Crippen LogP contribution is 2.29. The fraction of sp³-hybridized carbons (Fsp3) is 0.364. The van der Waals surface area contributed by atoms with Gasteiger partial charge in [-0.15, -0.1) is 11.6 Å². The minimum atomic E-state index is -1.04. The number of aliphatic carboxylic acids is 1. The van der Waals surface area contributed by atoms with Crippen LogP contribution in [-0.4, -0.2) is 18.2 Å². The fourth-order valence-electron chi connectivity index (χ4n) is 1.44. The fourth-order valence-corrected chi connectivity index (χ4v) is 1.67. The van der Waals surface area contributed by atoms with Gasteiger partial charge in [0.05, 0.1) is 7.11 Å². The third-order valence-corrected chi connectivity index (χ3v) is 2.70. The van der Waals surface area contributed by atoms with E-state index < -0.39 is 11.3 Å². The van der Waals surface area contributed by atoms with Crippen molar-refractivity contribution in [2.45, 2.75) is 19.2 Å². The first-order valence-electron chi connectivity index (χ1n) is 4.49. The highest BCUT2D eigenvalue weighted by molar-refractivity contribution is 6.29. The summed E-state index contributed by atoms with van der Waals surface area (Å²) < 4.78 is 5.13. The third kappa shape index (κ3) is 2.42. The lowest BCUT2D eigenvalue weighted by Crippen LogP contribution is -2.07. The summed E-state index contributed by atoms with van der Waals surface area (Å²) in [6, 6.07) is 3.54. The van der Waals surface area contributed by atoms with Crippen LogP contribution in [0.2, 0.25) is 0 Å². The summed E-state index contributed by atoms with van der Waals surface area (Å²) in [6.45, 7) is 3.67. The molecule has 0 spiro atoms. The van der Waals surface area contributed by atoms with Crippen LogP contribution in [0.4, 0.5) is 0 Å². The van der Waals surface area contributed by atoms with Gasteiger partial charge in [0.15, 0.2) is 5.38 Å². The highest BCUT2D eigenvalue weighted by Gasteiger charge is 2.19. The molecule has 0 fully saturated rings. The van der Waals surface area contributed by atoms with Crippen molar-refractivity contribution in [1.82, 2.24) is 0 Å². The number of benzene rings is 1. The van der Waals surface area contributed by atoms with Crippen molar-refractivity contribution in [3.05, 3.63) is 28.8 Å². The Kier molecular flexibility index (Phi) is 3.58. The molecule has 1 aromatic rings. The number of alkyl halides is 1. The Hall–Kier alpha value is -1.22. The molecule has 0 amide bonds. The molecule has 0 bridgehead atoms. The van der Waals surface area contributed by atoms with E-state index in [1.807, 2.05) is 13.8 Å². The second-order valence-electron chi connectivity index (χ2n) is 3.38. The molecule has 1 unspecified atom stereocenters. The monoisotopic (exact) mass is 228 g/mol. The van der Waals surface area contributed by atoms with E-state index in [1.165, 1.54) is 0 Å². The van der Waals surface area contributed by atoms with Crippen LogP contribution in [0.1, 0.15) is 22.1 Å². The van der Waals surface area contributed by atoms with E-state index in [-0.39, 0.29) is 0 Å². The van der Waals surface area contributed by atoms with E-state index in [1.54, 1.807) is 19.2 Å². The van der Waals surface area contributed by atoms with Gasteiger partial charge in [-0.2, -0.15) is 0 Å². The third-order valence-electron chi connectivity index (χ3n) is 2.27. The number of ether oxygens (including phenoxy) is 1. The normalized spacial score (nSPS) is 12.3. The zero-order valence-corrected chi connectivity index (χ0v) is 9.63. The van der Waals surface area contributed by atoms with Gasteiger partial charge in [0.1, 0.15) is 5.75 Å². The Labute approximate surface area is 93.6 Å². The van der Waals surface area contributed by atoms with Crippen LogP contribution in [0, 0.1) is 13.8 Å². The number of hydrogen-bond donors (Lipinski definition) is 1. The van der Waals surface area contributed by atoms with Crippen molar-refractivity contribution in [3.8, 4) is 5.75 Å². The van der Waals surface area contributed by atoms with Crippen LogP contribution in [0.15, 0.2) is 12.1 Å². The molecule has 15 heavy (non-hydrogen) atoms. The number of carboxylic acid groups (broad SMARTS) is 1. The molecule has 1 N–H and O–H groups in total. The maximum absolute atomic E-state index is 10.8. The Morgan fingerprint density at radius 3 is 2.47 bits per heavy atom. The number of carboxylic acids is 1. The molecule has 0 radical (unpaired) electrons. The van der Waals surface area contributed by atoms with Gasteiger partial charge in [-0.1, -0.05) is 6.07 Å². The Balaban J connectivity index is 3.21. The van der Waals surface area contributed by atoms with E-state index in [0.717, 1.165) is 16.9 Å². The van der Waals surface area contributed by atoms with E-state index in [9.17, 15) is 4.79 Å². The van der Waals surface area contributed by atoms with Gasteiger partial charge in [0, 0.05) is 0 Å². The van der Waals surface area contributed by atoms with Crippen LogP contribution in [-0.2, 0) is 4.79 Å². The molecule has 1 rings (SSSR count). The van der Waals surface area contributed by atoms with Gasteiger partial charge in [-0.3, -0.25) is 4.79 Å². The highest BCUT2D eigenvalue weighted by atomic mass is 35.5. The summed E-state index contributed by atoms with van der Waals surface area (Å²) in [5.41, 5.74) is 2.31. The number of hydrogen-bond acceptors (Lipinski definition) is 2. The quantitative estimate of drug-likeness (QED) is 0.810. The number of aryl methyl sites for hydroxylation is 2. The van der Waals surface area contributed by atoms with Crippen LogP contribution in [0.5, 0.6) is 5.75 Å². The zero-order valence-electron chi connectivity index (χ0n) is 8.87. The molecule has 1 aromatic carbocycles. The predicted molar refractivity (Wildman–Crippen MR) is 58.7 cm³/mol. The zero-order chi connectivity index (χ0) is 11.6. The van der Waals surface area contributed by atoms with E-state index in [2.05, 4.69) is 0 Å². The largest absolute Gasteiger partial charge is 0.496 e. The minimum Gasteiger partial charge on any atom is -0.496 e. The number of rotatable bonds is 3. The molecule has 0 heterocycles. The minimum absolute atomic E-state index is 0.613. The van der Waals surface area contributed by atoms with Gasteiger partial charge < -0.3 is 9.84 Å². The van der Waals surface area contributed by atoms with Crippen LogP contribution in [0.3, 0.4) is 0 Å².